The van der Waals surface area contributed by atoms with Crippen LogP contribution < -0.4 is 0 Å². The molecule has 92 valence electrons. The minimum atomic E-state index is 0.0965. The number of carbonyl (C=O) groups is 1. The van der Waals surface area contributed by atoms with E-state index in [1.807, 2.05) is 36.1 Å². The number of alkyl halides is 1. The van der Waals surface area contributed by atoms with E-state index in [0.29, 0.717) is 19.7 Å². The lowest BCUT2D eigenvalue weighted by Crippen LogP contribution is -2.46. The van der Waals surface area contributed by atoms with Gasteiger partial charge in [-0.2, -0.15) is 0 Å². The molecule has 0 aromatic heterocycles. The fourth-order valence-corrected chi connectivity index (χ4v) is 2.27. The van der Waals surface area contributed by atoms with Gasteiger partial charge in [0.1, 0.15) is 0 Å². The number of morpholine rings is 1. The van der Waals surface area contributed by atoms with Crippen molar-refractivity contribution in [2.24, 2.45) is 0 Å². The van der Waals surface area contributed by atoms with E-state index in [0.717, 1.165) is 10.9 Å². The normalized spacial score (nSPS) is 20.4. The summed E-state index contributed by atoms with van der Waals surface area (Å²) in [5.41, 5.74) is 1.92. The molecule has 2 rings (SSSR count). The number of nitrogens with zero attached hydrogens (tertiary/aromatic N) is 1. The predicted molar refractivity (Wildman–Crippen MR) is 70.6 cm³/mol. The molecule has 0 spiro atoms. The first-order chi connectivity index (χ1) is 8.20. The van der Waals surface area contributed by atoms with E-state index in [1.165, 1.54) is 5.56 Å². The van der Waals surface area contributed by atoms with Crippen LogP contribution in [0.5, 0.6) is 0 Å². The number of hydrogen-bond donors (Lipinski definition) is 0. The molecule has 0 aliphatic carbocycles. The van der Waals surface area contributed by atoms with E-state index in [1.54, 1.807) is 0 Å². The van der Waals surface area contributed by atoms with Gasteiger partial charge in [-0.1, -0.05) is 33.6 Å². The second-order valence-electron chi connectivity index (χ2n) is 4.26. The quantitative estimate of drug-likeness (QED) is 0.784. The number of rotatable bonds is 2. The van der Waals surface area contributed by atoms with Crippen molar-refractivity contribution >= 4 is 21.8 Å². The summed E-state index contributed by atoms with van der Waals surface area (Å²) >= 11 is 3.39. The summed E-state index contributed by atoms with van der Waals surface area (Å²) in [6, 6.07) is 7.71. The molecule has 1 aromatic carbocycles. The maximum atomic E-state index is 12.2. The average Bonchev–Trinajstić information content (AvgIpc) is 2.39. The Kier molecular flexibility index (Phi) is 4.18. The first-order valence-electron chi connectivity index (χ1n) is 5.74. The van der Waals surface area contributed by atoms with Crippen LogP contribution in [0.1, 0.15) is 15.9 Å². The van der Waals surface area contributed by atoms with Crippen LogP contribution >= 0.6 is 15.9 Å². The van der Waals surface area contributed by atoms with Crippen molar-refractivity contribution in [2.45, 2.75) is 13.0 Å². The highest BCUT2D eigenvalue weighted by Gasteiger charge is 2.24. The maximum absolute atomic E-state index is 12.2. The van der Waals surface area contributed by atoms with Crippen LogP contribution in [0.25, 0.3) is 0 Å². The van der Waals surface area contributed by atoms with Crippen molar-refractivity contribution in [2.75, 3.05) is 25.0 Å². The SMILES string of the molecule is Cc1ccc(C(=O)N2CCOC(CBr)C2)cc1. The molecule has 1 fully saturated rings. The average molecular weight is 298 g/mol. The van der Waals surface area contributed by atoms with Gasteiger partial charge in [0, 0.05) is 24.0 Å². The lowest BCUT2D eigenvalue weighted by Gasteiger charge is -2.32. The van der Waals surface area contributed by atoms with Crippen LogP contribution in [0.2, 0.25) is 0 Å². The zero-order chi connectivity index (χ0) is 12.3. The Hall–Kier alpha value is -0.870. The minimum absolute atomic E-state index is 0.0965. The molecule has 1 atom stereocenters. The van der Waals surface area contributed by atoms with E-state index >= 15 is 0 Å². The summed E-state index contributed by atoms with van der Waals surface area (Å²) in [5, 5.41) is 0.769. The molecule has 0 N–H and O–H groups in total. The number of benzene rings is 1. The second-order valence-corrected chi connectivity index (χ2v) is 4.91. The van der Waals surface area contributed by atoms with Crippen LogP contribution in [0, 0.1) is 6.92 Å². The number of amides is 1. The Morgan fingerprint density at radius 1 is 1.47 bits per heavy atom. The summed E-state index contributed by atoms with van der Waals surface area (Å²) in [6.45, 7) is 3.98. The predicted octanol–water partition coefficient (Wildman–Crippen LogP) is 2.23. The van der Waals surface area contributed by atoms with Crippen molar-refractivity contribution in [1.29, 1.82) is 0 Å². The Labute approximate surface area is 110 Å². The van der Waals surface area contributed by atoms with Gasteiger partial charge in [0.15, 0.2) is 0 Å². The van der Waals surface area contributed by atoms with Crippen LogP contribution in [-0.2, 0) is 4.74 Å². The summed E-state index contributed by atoms with van der Waals surface area (Å²) < 4.78 is 5.52. The van der Waals surface area contributed by atoms with Gasteiger partial charge in [0.05, 0.1) is 12.7 Å². The molecule has 1 aromatic rings. The molecular formula is C13H16BrNO2. The number of ether oxygens (including phenoxy) is 1. The lowest BCUT2D eigenvalue weighted by molar-refractivity contribution is -0.00964. The third kappa shape index (κ3) is 3.07. The number of aryl methyl sites for hydroxylation is 1. The molecule has 1 aliphatic heterocycles. The highest BCUT2D eigenvalue weighted by molar-refractivity contribution is 9.09. The van der Waals surface area contributed by atoms with Gasteiger partial charge in [0.2, 0.25) is 0 Å². The Balaban J connectivity index is 2.06. The van der Waals surface area contributed by atoms with Crippen LogP contribution in [-0.4, -0.2) is 41.9 Å². The molecule has 0 radical (unpaired) electrons. The standard InChI is InChI=1S/C13H16BrNO2/c1-10-2-4-11(5-3-10)13(16)15-6-7-17-12(8-14)9-15/h2-5,12H,6-9H2,1H3. The fraction of sp³-hybridized carbons (Fsp3) is 0.462. The highest BCUT2D eigenvalue weighted by Crippen LogP contribution is 2.12. The maximum Gasteiger partial charge on any atom is 0.254 e. The van der Waals surface area contributed by atoms with Gasteiger partial charge in [-0.25, -0.2) is 0 Å². The van der Waals surface area contributed by atoms with E-state index in [4.69, 9.17) is 4.74 Å². The minimum Gasteiger partial charge on any atom is -0.374 e. The van der Waals surface area contributed by atoms with Crippen molar-refractivity contribution in [3.8, 4) is 0 Å². The zero-order valence-electron chi connectivity index (χ0n) is 9.86. The molecule has 1 amide bonds. The number of halogens is 1. The van der Waals surface area contributed by atoms with Crippen molar-refractivity contribution in [3.63, 3.8) is 0 Å². The molecule has 3 nitrogen and oxygen atoms in total. The van der Waals surface area contributed by atoms with Crippen molar-refractivity contribution < 1.29 is 9.53 Å². The van der Waals surface area contributed by atoms with Gasteiger partial charge < -0.3 is 9.64 Å². The zero-order valence-corrected chi connectivity index (χ0v) is 11.4. The Morgan fingerprint density at radius 3 is 2.82 bits per heavy atom. The summed E-state index contributed by atoms with van der Waals surface area (Å²) in [5.74, 6) is 0.0965. The van der Waals surface area contributed by atoms with E-state index in [9.17, 15) is 4.79 Å². The topological polar surface area (TPSA) is 29.5 Å². The molecule has 1 saturated heterocycles. The Morgan fingerprint density at radius 2 is 2.18 bits per heavy atom. The van der Waals surface area contributed by atoms with E-state index < -0.39 is 0 Å². The molecule has 1 unspecified atom stereocenters. The number of carbonyl (C=O) groups excluding carboxylic acids is 1. The van der Waals surface area contributed by atoms with Gasteiger partial charge >= 0.3 is 0 Å². The van der Waals surface area contributed by atoms with E-state index in [2.05, 4.69) is 15.9 Å². The molecule has 17 heavy (non-hydrogen) atoms. The Bertz CT molecular complexity index is 391. The van der Waals surface area contributed by atoms with Crippen LogP contribution in [0.3, 0.4) is 0 Å². The molecule has 0 bridgehead atoms. The van der Waals surface area contributed by atoms with Crippen molar-refractivity contribution in [1.82, 2.24) is 4.90 Å². The molecule has 4 heteroatoms. The fourth-order valence-electron chi connectivity index (χ4n) is 1.88. The van der Waals surface area contributed by atoms with Gasteiger partial charge in [0.25, 0.3) is 5.91 Å². The van der Waals surface area contributed by atoms with Crippen molar-refractivity contribution in [3.05, 3.63) is 35.4 Å². The van der Waals surface area contributed by atoms with Crippen LogP contribution in [0.15, 0.2) is 24.3 Å². The number of hydrogen-bond acceptors (Lipinski definition) is 2. The summed E-state index contributed by atoms with van der Waals surface area (Å²) in [6.07, 6.45) is 0.109. The van der Waals surface area contributed by atoms with Gasteiger partial charge in [-0.05, 0) is 19.1 Å². The highest BCUT2D eigenvalue weighted by atomic mass is 79.9. The second kappa shape index (κ2) is 5.65. The summed E-state index contributed by atoms with van der Waals surface area (Å²) in [4.78, 5) is 14.1. The molecular weight excluding hydrogens is 282 g/mol. The molecule has 1 aliphatic rings. The molecule has 0 saturated carbocycles. The third-order valence-corrected chi connectivity index (χ3v) is 3.62. The summed E-state index contributed by atoms with van der Waals surface area (Å²) in [7, 11) is 0. The smallest absolute Gasteiger partial charge is 0.254 e. The van der Waals surface area contributed by atoms with Gasteiger partial charge in [-0.15, -0.1) is 0 Å². The monoisotopic (exact) mass is 297 g/mol. The van der Waals surface area contributed by atoms with Crippen LogP contribution in [0.4, 0.5) is 0 Å². The first kappa shape index (κ1) is 12.6. The molecule has 1 heterocycles. The lowest BCUT2D eigenvalue weighted by atomic mass is 10.1. The third-order valence-electron chi connectivity index (χ3n) is 2.90. The first-order valence-corrected chi connectivity index (χ1v) is 6.86. The largest absolute Gasteiger partial charge is 0.374 e. The van der Waals surface area contributed by atoms with E-state index in [-0.39, 0.29) is 12.0 Å². The van der Waals surface area contributed by atoms with Gasteiger partial charge in [-0.3, -0.25) is 4.79 Å².